The number of furan rings is 1. The lowest BCUT2D eigenvalue weighted by Crippen LogP contribution is -2.25. The normalized spacial score (nSPS) is 11.2. The third kappa shape index (κ3) is 7.57. The minimum absolute atomic E-state index is 0.183. The maximum atomic E-state index is 12.2. The highest BCUT2D eigenvalue weighted by molar-refractivity contribution is 14.1. The minimum Gasteiger partial charge on any atom is -0.483 e. The lowest BCUT2D eigenvalue weighted by atomic mass is 10.1. The van der Waals surface area contributed by atoms with E-state index in [9.17, 15) is 9.59 Å². The molecule has 7 nitrogen and oxygen atoms in total. The molecule has 1 N–H and O–H groups in total. The monoisotopic (exact) mass is 622 g/mol. The molecule has 0 radical (unpaired) electrons. The molecular formula is C24H20BrIN2O5. The Morgan fingerprint density at radius 2 is 1.94 bits per heavy atom. The van der Waals surface area contributed by atoms with Crippen LogP contribution in [0.4, 0.5) is 0 Å². The first-order chi connectivity index (χ1) is 15.8. The standard InChI is InChI=1S/C24H20BrIN2O5/c1-15-10-19(26)11-16(2)24(15)32-14-22(29)28-27-13-17-12-18(25)5-7-21(17)33-23(30)8-6-20-4-3-9-31-20/h3-13H,14H2,1-2H3,(H,28,29)/b8-6+,27-13-. The van der Waals surface area contributed by atoms with Gasteiger partial charge in [0.25, 0.3) is 5.91 Å². The van der Waals surface area contributed by atoms with Gasteiger partial charge in [-0.1, -0.05) is 15.9 Å². The maximum Gasteiger partial charge on any atom is 0.336 e. The van der Waals surface area contributed by atoms with Crippen molar-refractivity contribution in [1.29, 1.82) is 0 Å². The summed E-state index contributed by atoms with van der Waals surface area (Å²) < 4.78 is 18.0. The summed E-state index contributed by atoms with van der Waals surface area (Å²) >= 11 is 5.61. The number of hydrazone groups is 1. The van der Waals surface area contributed by atoms with Crippen molar-refractivity contribution in [2.75, 3.05) is 6.61 Å². The van der Waals surface area contributed by atoms with E-state index in [-0.39, 0.29) is 12.4 Å². The van der Waals surface area contributed by atoms with E-state index in [1.165, 1.54) is 24.6 Å². The number of carbonyl (C=O) groups excluding carboxylic acids is 2. The molecule has 0 bridgehead atoms. The molecule has 170 valence electrons. The Labute approximate surface area is 213 Å². The third-order valence-electron chi connectivity index (χ3n) is 4.27. The zero-order valence-electron chi connectivity index (χ0n) is 17.8. The number of carbonyl (C=O) groups is 2. The van der Waals surface area contributed by atoms with Crippen molar-refractivity contribution in [3.8, 4) is 11.5 Å². The second kappa shape index (κ2) is 11.8. The Bertz CT molecular complexity index is 1180. The predicted molar refractivity (Wildman–Crippen MR) is 137 cm³/mol. The first-order valence-corrected chi connectivity index (χ1v) is 11.6. The van der Waals surface area contributed by atoms with Crippen molar-refractivity contribution in [2.45, 2.75) is 13.8 Å². The Morgan fingerprint density at radius 3 is 2.64 bits per heavy atom. The molecule has 33 heavy (non-hydrogen) atoms. The number of amides is 1. The number of hydrogen-bond donors (Lipinski definition) is 1. The number of halogens is 2. The molecule has 3 rings (SSSR count). The van der Waals surface area contributed by atoms with Crippen LogP contribution in [0.1, 0.15) is 22.5 Å². The van der Waals surface area contributed by atoms with Crippen molar-refractivity contribution < 1.29 is 23.5 Å². The molecular weight excluding hydrogens is 603 g/mol. The summed E-state index contributed by atoms with van der Waals surface area (Å²) in [6.45, 7) is 3.68. The molecule has 0 spiro atoms. The molecule has 0 saturated heterocycles. The van der Waals surface area contributed by atoms with Gasteiger partial charge in [-0.3, -0.25) is 4.79 Å². The highest BCUT2D eigenvalue weighted by Gasteiger charge is 2.10. The first kappa shape index (κ1) is 24.7. The molecule has 0 saturated carbocycles. The minimum atomic E-state index is -0.580. The van der Waals surface area contributed by atoms with Crippen LogP contribution in [0, 0.1) is 17.4 Å². The van der Waals surface area contributed by atoms with Gasteiger partial charge in [0.05, 0.1) is 12.5 Å². The number of nitrogens with zero attached hydrogens (tertiary/aromatic N) is 1. The topological polar surface area (TPSA) is 90.1 Å². The van der Waals surface area contributed by atoms with Gasteiger partial charge in [-0.05, 0) is 96.1 Å². The number of rotatable bonds is 8. The average Bonchev–Trinajstić information content (AvgIpc) is 3.27. The summed E-state index contributed by atoms with van der Waals surface area (Å²) in [6.07, 6.45) is 5.67. The van der Waals surface area contributed by atoms with Crippen LogP contribution in [-0.2, 0) is 9.59 Å². The van der Waals surface area contributed by atoms with Gasteiger partial charge in [0, 0.05) is 19.7 Å². The van der Waals surface area contributed by atoms with E-state index in [0.29, 0.717) is 17.1 Å². The molecule has 3 aromatic rings. The molecule has 0 aliphatic carbocycles. The Kier molecular flexibility index (Phi) is 8.84. The van der Waals surface area contributed by atoms with Crippen LogP contribution in [0.15, 0.2) is 68.8 Å². The van der Waals surface area contributed by atoms with Gasteiger partial charge in [-0.25, -0.2) is 10.2 Å². The molecule has 1 aromatic heterocycles. The van der Waals surface area contributed by atoms with Gasteiger partial charge < -0.3 is 13.9 Å². The van der Waals surface area contributed by atoms with E-state index in [2.05, 4.69) is 49.0 Å². The zero-order valence-corrected chi connectivity index (χ0v) is 21.5. The van der Waals surface area contributed by atoms with Crippen LogP contribution in [-0.4, -0.2) is 24.7 Å². The molecule has 0 fully saturated rings. The van der Waals surface area contributed by atoms with E-state index in [0.717, 1.165) is 19.2 Å². The highest BCUT2D eigenvalue weighted by Crippen LogP contribution is 2.25. The van der Waals surface area contributed by atoms with E-state index in [1.807, 2.05) is 26.0 Å². The van der Waals surface area contributed by atoms with Crippen LogP contribution in [0.5, 0.6) is 11.5 Å². The predicted octanol–water partition coefficient (Wildman–Crippen LogP) is 5.41. The Hall–Kier alpha value is -2.92. The van der Waals surface area contributed by atoms with E-state index >= 15 is 0 Å². The van der Waals surface area contributed by atoms with Crippen LogP contribution in [0.2, 0.25) is 0 Å². The van der Waals surface area contributed by atoms with Gasteiger partial charge in [0.1, 0.15) is 17.3 Å². The zero-order chi connectivity index (χ0) is 23.8. The van der Waals surface area contributed by atoms with Crippen molar-refractivity contribution in [1.82, 2.24) is 5.43 Å². The largest absolute Gasteiger partial charge is 0.483 e. The smallest absolute Gasteiger partial charge is 0.336 e. The number of ether oxygens (including phenoxy) is 2. The number of benzene rings is 2. The molecule has 0 aliphatic heterocycles. The SMILES string of the molecule is Cc1cc(I)cc(C)c1OCC(=O)N/N=C\c1cc(Br)ccc1OC(=O)/C=C/c1ccco1. The van der Waals surface area contributed by atoms with Crippen LogP contribution < -0.4 is 14.9 Å². The fraction of sp³-hybridized carbons (Fsp3) is 0.125. The van der Waals surface area contributed by atoms with E-state index in [1.54, 1.807) is 30.3 Å². The number of esters is 1. The number of aryl methyl sites for hydroxylation is 2. The van der Waals surface area contributed by atoms with E-state index < -0.39 is 11.9 Å². The summed E-state index contributed by atoms with van der Waals surface area (Å²) in [5.41, 5.74) is 4.82. The molecule has 0 unspecified atom stereocenters. The van der Waals surface area contributed by atoms with Gasteiger partial charge in [-0.2, -0.15) is 5.10 Å². The van der Waals surface area contributed by atoms with Crippen LogP contribution in [0.25, 0.3) is 6.08 Å². The molecule has 9 heteroatoms. The van der Waals surface area contributed by atoms with Crippen molar-refractivity contribution in [3.63, 3.8) is 0 Å². The number of nitrogens with one attached hydrogen (secondary N) is 1. The summed E-state index contributed by atoms with van der Waals surface area (Å²) in [7, 11) is 0. The summed E-state index contributed by atoms with van der Waals surface area (Å²) in [5.74, 6) is 0.498. The van der Waals surface area contributed by atoms with Gasteiger partial charge >= 0.3 is 5.97 Å². The maximum absolute atomic E-state index is 12.2. The second-order valence-electron chi connectivity index (χ2n) is 6.90. The molecule has 2 aromatic carbocycles. The third-order valence-corrected chi connectivity index (χ3v) is 5.39. The molecule has 0 atom stereocenters. The van der Waals surface area contributed by atoms with Crippen molar-refractivity contribution in [2.24, 2.45) is 5.10 Å². The lowest BCUT2D eigenvalue weighted by Gasteiger charge is -2.12. The summed E-state index contributed by atoms with van der Waals surface area (Å²) in [5, 5.41) is 3.96. The first-order valence-electron chi connectivity index (χ1n) is 9.76. The van der Waals surface area contributed by atoms with Crippen molar-refractivity contribution >= 4 is 62.7 Å². The lowest BCUT2D eigenvalue weighted by molar-refractivity contribution is -0.129. The number of hydrogen-bond acceptors (Lipinski definition) is 6. The second-order valence-corrected chi connectivity index (χ2v) is 9.06. The fourth-order valence-electron chi connectivity index (χ4n) is 2.86. The Morgan fingerprint density at radius 1 is 1.18 bits per heavy atom. The van der Waals surface area contributed by atoms with Crippen LogP contribution in [0.3, 0.4) is 0 Å². The van der Waals surface area contributed by atoms with Crippen molar-refractivity contribution in [3.05, 3.63) is 85.3 Å². The Balaban J connectivity index is 1.59. The van der Waals surface area contributed by atoms with Crippen LogP contribution >= 0.6 is 38.5 Å². The van der Waals surface area contributed by atoms with Gasteiger partial charge in [-0.15, -0.1) is 0 Å². The molecule has 1 heterocycles. The molecule has 0 aliphatic rings. The van der Waals surface area contributed by atoms with Gasteiger partial charge in [0.15, 0.2) is 6.61 Å². The molecule has 1 amide bonds. The fourth-order valence-corrected chi connectivity index (χ4v) is 4.17. The van der Waals surface area contributed by atoms with Gasteiger partial charge in [0.2, 0.25) is 0 Å². The van der Waals surface area contributed by atoms with E-state index in [4.69, 9.17) is 13.9 Å². The summed E-state index contributed by atoms with van der Waals surface area (Å²) in [6, 6.07) is 12.5. The quantitative estimate of drug-likeness (QED) is 0.0906. The average molecular weight is 623 g/mol. The highest BCUT2D eigenvalue weighted by atomic mass is 127. The summed E-state index contributed by atoms with van der Waals surface area (Å²) in [4.78, 5) is 24.3.